The van der Waals surface area contributed by atoms with Crippen LogP contribution in [-0.2, 0) is 9.47 Å². The number of nitrogens with zero attached hydrogens (tertiary/aromatic N) is 1. The van der Waals surface area contributed by atoms with Gasteiger partial charge in [-0.15, -0.1) is 0 Å². The normalized spacial score (nSPS) is 16.3. The number of ether oxygens (including phenoxy) is 2. The summed E-state index contributed by atoms with van der Waals surface area (Å²) in [5.74, 6) is 6.35. The predicted octanol–water partition coefficient (Wildman–Crippen LogP) is 3.45. The zero-order chi connectivity index (χ0) is 17.1. The molecule has 0 saturated carbocycles. The van der Waals surface area contributed by atoms with Crippen LogP contribution in [0.2, 0.25) is 0 Å². The van der Waals surface area contributed by atoms with Crippen LogP contribution in [0.5, 0.6) is 0 Å². The van der Waals surface area contributed by atoms with Crippen LogP contribution < -0.4 is 0 Å². The highest BCUT2D eigenvalue weighted by molar-refractivity contribution is 5.70. The summed E-state index contributed by atoms with van der Waals surface area (Å²) in [6.45, 7) is 10.4. The van der Waals surface area contributed by atoms with Gasteiger partial charge in [0.05, 0.1) is 19.2 Å². The molecule has 1 aliphatic rings. The first-order valence-corrected chi connectivity index (χ1v) is 7.93. The summed E-state index contributed by atoms with van der Waals surface area (Å²) in [7, 11) is 0. The van der Waals surface area contributed by atoms with Gasteiger partial charge in [0, 0.05) is 5.56 Å². The molecule has 1 aliphatic heterocycles. The Labute approximate surface area is 138 Å². The van der Waals surface area contributed by atoms with E-state index in [1.165, 1.54) is 0 Å². The fourth-order valence-corrected chi connectivity index (χ4v) is 2.37. The first-order chi connectivity index (χ1) is 10.7. The highest BCUT2D eigenvalue weighted by Crippen LogP contribution is 2.28. The van der Waals surface area contributed by atoms with Crippen LogP contribution in [0.1, 0.15) is 40.2 Å². The van der Waals surface area contributed by atoms with Gasteiger partial charge in [0.25, 0.3) is 0 Å². The molecule has 0 spiro atoms. The lowest BCUT2D eigenvalue weighted by atomic mass is 9.94. The average molecular weight is 315 g/mol. The van der Waals surface area contributed by atoms with Crippen LogP contribution >= 0.6 is 0 Å². The molecule has 1 saturated heterocycles. The largest absolute Gasteiger partial charge is 0.444 e. The fraction of sp³-hybridized carbons (Fsp3) is 0.526. The van der Waals surface area contributed by atoms with E-state index in [9.17, 15) is 4.79 Å². The van der Waals surface area contributed by atoms with Gasteiger partial charge in [0.1, 0.15) is 5.60 Å². The van der Waals surface area contributed by atoms with E-state index in [1.807, 2.05) is 65.0 Å². The van der Waals surface area contributed by atoms with Gasteiger partial charge in [0.2, 0.25) is 0 Å². The van der Waals surface area contributed by atoms with Crippen molar-refractivity contribution in [2.24, 2.45) is 0 Å². The molecule has 1 aromatic carbocycles. The summed E-state index contributed by atoms with van der Waals surface area (Å²) in [5.41, 5.74) is -0.167. The molecule has 124 valence electrons. The van der Waals surface area contributed by atoms with Gasteiger partial charge in [-0.3, -0.25) is 0 Å². The maximum Gasteiger partial charge on any atom is 0.410 e. The number of carbonyl (C=O) groups excluding carboxylic acids is 1. The molecule has 4 nitrogen and oxygen atoms in total. The Bertz CT molecular complexity index is 599. The molecule has 1 aromatic rings. The van der Waals surface area contributed by atoms with Crippen molar-refractivity contribution in [2.75, 3.05) is 13.1 Å². The lowest BCUT2D eigenvalue weighted by Gasteiger charge is -2.47. The lowest BCUT2D eigenvalue weighted by Crippen LogP contribution is -2.65. The second-order valence-electron chi connectivity index (χ2n) is 7.11. The first kappa shape index (κ1) is 17.4. The molecule has 0 bridgehead atoms. The molecule has 0 aromatic heterocycles. The Morgan fingerprint density at radius 2 is 1.83 bits per heavy atom. The molecule has 1 amide bonds. The third-order valence-corrected chi connectivity index (χ3v) is 3.21. The standard InChI is InChI=1S/C19H25NO3/c1-15(2)22-19(12-11-16-9-7-6-8-10-16)13-20(14-19)17(21)23-18(3,4)5/h6-10,15H,13-14H2,1-5H3. The van der Waals surface area contributed by atoms with Crippen LogP contribution in [0.4, 0.5) is 4.79 Å². The second kappa shape index (κ2) is 6.64. The molecule has 1 heterocycles. The van der Waals surface area contributed by atoms with Gasteiger partial charge < -0.3 is 14.4 Å². The topological polar surface area (TPSA) is 38.8 Å². The van der Waals surface area contributed by atoms with Crippen LogP contribution in [0.3, 0.4) is 0 Å². The highest BCUT2D eigenvalue weighted by atomic mass is 16.6. The first-order valence-electron chi connectivity index (χ1n) is 7.93. The smallest absolute Gasteiger partial charge is 0.410 e. The van der Waals surface area contributed by atoms with E-state index in [1.54, 1.807) is 4.90 Å². The van der Waals surface area contributed by atoms with Crippen molar-refractivity contribution in [3.05, 3.63) is 35.9 Å². The van der Waals surface area contributed by atoms with Gasteiger partial charge in [-0.1, -0.05) is 30.0 Å². The van der Waals surface area contributed by atoms with E-state index >= 15 is 0 Å². The minimum atomic E-state index is -0.610. The summed E-state index contributed by atoms with van der Waals surface area (Å²) in [6.07, 6.45) is -0.275. The van der Waals surface area contributed by atoms with Gasteiger partial charge in [-0.25, -0.2) is 4.79 Å². The summed E-state index contributed by atoms with van der Waals surface area (Å²) in [5, 5.41) is 0. The van der Waals surface area contributed by atoms with E-state index in [0.29, 0.717) is 13.1 Å². The molecule has 0 N–H and O–H groups in total. The Balaban J connectivity index is 2.07. The zero-order valence-corrected chi connectivity index (χ0v) is 14.6. The molecule has 0 atom stereocenters. The average Bonchev–Trinajstić information content (AvgIpc) is 2.39. The molecular formula is C19H25NO3. The van der Waals surface area contributed by atoms with E-state index in [-0.39, 0.29) is 12.2 Å². The molecule has 23 heavy (non-hydrogen) atoms. The number of likely N-dealkylation sites (tertiary alicyclic amines) is 1. The number of benzene rings is 1. The van der Waals surface area contributed by atoms with Crippen LogP contribution in [0, 0.1) is 11.8 Å². The van der Waals surface area contributed by atoms with Crippen LogP contribution in [0.15, 0.2) is 30.3 Å². The number of carbonyl (C=O) groups is 1. The van der Waals surface area contributed by atoms with Gasteiger partial charge >= 0.3 is 6.09 Å². The van der Waals surface area contributed by atoms with Crippen molar-refractivity contribution in [2.45, 2.75) is 51.9 Å². The number of hydrogen-bond acceptors (Lipinski definition) is 3. The third kappa shape index (κ3) is 5.01. The predicted molar refractivity (Wildman–Crippen MR) is 90.1 cm³/mol. The van der Waals surface area contributed by atoms with Crippen molar-refractivity contribution in [3.63, 3.8) is 0 Å². The minimum absolute atomic E-state index is 0.0425. The van der Waals surface area contributed by atoms with E-state index in [4.69, 9.17) is 9.47 Å². The minimum Gasteiger partial charge on any atom is -0.444 e. The summed E-state index contributed by atoms with van der Waals surface area (Å²) in [6, 6.07) is 9.78. The number of amides is 1. The fourth-order valence-electron chi connectivity index (χ4n) is 2.37. The quantitative estimate of drug-likeness (QED) is 0.785. The summed E-state index contributed by atoms with van der Waals surface area (Å²) in [4.78, 5) is 13.7. The molecule has 4 heteroatoms. The molecule has 0 radical (unpaired) electrons. The van der Waals surface area contributed by atoms with E-state index < -0.39 is 11.2 Å². The van der Waals surface area contributed by atoms with E-state index in [2.05, 4.69) is 11.8 Å². The van der Waals surface area contributed by atoms with Gasteiger partial charge in [-0.05, 0) is 46.8 Å². The van der Waals surface area contributed by atoms with E-state index in [0.717, 1.165) is 5.56 Å². The summed E-state index contributed by atoms with van der Waals surface area (Å²) < 4.78 is 11.4. The maximum atomic E-state index is 12.1. The molecule has 0 aliphatic carbocycles. The van der Waals surface area contributed by atoms with Gasteiger partial charge in [0.15, 0.2) is 5.60 Å². The highest BCUT2D eigenvalue weighted by Gasteiger charge is 2.47. The number of rotatable bonds is 2. The molecular weight excluding hydrogens is 290 g/mol. The monoisotopic (exact) mass is 315 g/mol. The molecule has 2 rings (SSSR count). The summed E-state index contributed by atoms with van der Waals surface area (Å²) >= 11 is 0. The Hall–Kier alpha value is -1.99. The number of hydrogen-bond donors (Lipinski definition) is 0. The van der Waals surface area contributed by atoms with Crippen molar-refractivity contribution >= 4 is 6.09 Å². The maximum absolute atomic E-state index is 12.1. The molecule has 0 unspecified atom stereocenters. The Kier molecular flexibility index (Phi) is 5.01. The Morgan fingerprint density at radius 3 is 2.35 bits per heavy atom. The molecule has 1 fully saturated rings. The zero-order valence-electron chi connectivity index (χ0n) is 14.6. The van der Waals surface area contributed by atoms with Crippen LogP contribution in [-0.4, -0.2) is 41.4 Å². The SMILES string of the molecule is CC(C)OC1(C#Cc2ccccc2)CN(C(=O)OC(C)(C)C)C1. The van der Waals surface area contributed by atoms with Crippen molar-refractivity contribution in [1.29, 1.82) is 0 Å². The van der Waals surface area contributed by atoms with Crippen LogP contribution in [0.25, 0.3) is 0 Å². The van der Waals surface area contributed by atoms with Gasteiger partial charge in [-0.2, -0.15) is 0 Å². The van der Waals surface area contributed by atoms with Crippen molar-refractivity contribution < 1.29 is 14.3 Å². The second-order valence-corrected chi connectivity index (χ2v) is 7.11. The van der Waals surface area contributed by atoms with Crippen molar-refractivity contribution in [3.8, 4) is 11.8 Å². The lowest BCUT2D eigenvalue weighted by molar-refractivity contribution is -0.125. The van der Waals surface area contributed by atoms with Crippen molar-refractivity contribution in [1.82, 2.24) is 4.90 Å². The third-order valence-electron chi connectivity index (χ3n) is 3.21. The Morgan fingerprint density at radius 1 is 1.22 bits per heavy atom.